The quantitative estimate of drug-likeness (QED) is 0.512. The number of carboxylic acid groups (broad SMARTS) is 1. The lowest BCUT2D eigenvalue weighted by atomic mass is 10.2. The number of aromatic carboxylic acids is 1. The highest BCUT2D eigenvalue weighted by Crippen LogP contribution is 2.18. The third-order valence-electron chi connectivity index (χ3n) is 2.50. The maximum absolute atomic E-state index is 10.6. The molecule has 0 amide bonds. The van der Waals surface area contributed by atoms with E-state index in [4.69, 9.17) is 0 Å². The number of carboxylic acids is 1. The normalized spacial score (nSPS) is 10.5. The summed E-state index contributed by atoms with van der Waals surface area (Å²) < 4.78 is 0. The molecule has 0 aliphatic carbocycles. The van der Waals surface area contributed by atoms with Gasteiger partial charge in [-0.25, -0.2) is 0 Å². The summed E-state index contributed by atoms with van der Waals surface area (Å²) in [4.78, 5) is 20.7. The van der Waals surface area contributed by atoms with Crippen LogP contribution in [0.1, 0.15) is 10.4 Å². The molecule has 0 atom stereocenters. The molecule has 2 rings (SSSR count). The maximum Gasteiger partial charge on any atom is 0.271 e. The molecule has 0 heterocycles. The topological polar surface area (TPSA) is 120 Å². The Hall–Kier alpha value is -3.29. The van der Waals surface area contributed by atoms with Gasteiger partial charge in [-0.1, -0.05) is 23.4 Å². The van der Waals surface area contributed by atoms with Crippen LogP contribution in [0.2, 0.25) is 0 Å². The van der Waals surface area contributed by atoms with Gasteiger partial charge in [-0.05, 0) is 23.8 Å². The lowest BCUT2D eigenvalue weighted by molar-refractivity contribution is -0.384. The fraction of sp³-hybridized carbons (Fsp3) is 0. The summed E-state index contributed by atoms with van der Waals surface area (Å²) in [6.07, 6.45) is 0. The van der Waals surface area contributed by atoms with Gasteiger partial charge >= 0.3 is 0 Å². The molecule has 0 saturated heterocycles. The number of non-ortho nitro benzene ring substituents is 1. The van der Waals surface area contributed by atoms with Crippen LogP contribution in [0.4, 0.5) is 17.1 Å². The minimum Gasteiger partial charge on any atom is -0.545 e. The zero-order valence-electron chi connectivity index (χ0n) is 10.6. The maximum atomic E-state index is 10.6. The number of carbonyl (C=O) groups excluding carboxylic acids is 1. The van der Waals surface area contributed by atoms with Gasteiger partial charge in [0.2, 0.25) is 0 Å². The SMILES string of the molecule is O=C([O-])c1ccc(N=NNc2cccc([N+](=O)[O-])c2)cc1. The van der Waals surface area contributed by atoms with Crippen molar-refractivity contribution in [1.29, 1.82) is 0 Å². The van der Waals surface area contributed by atoms with Crippen molar-refractivity contribution in [2.75, 3.05) is 5.43 Å². The molecule has 0 aliphatic rings. The molecule has 8 heteroatoms. The predicted molar refractivity (Wildman–Crippen MR) is 72.0 cm³/mol. The molecule has 8 nitrogen and oxygen atoms in total. The lowest BCUT2D eigenvalue weighted by Crippen LogP contribution is -2.21. The molecule has 0 unspecified atom stereocenters. The molecular weight excluding hydrogens is 276 g/mol. The van der Waals surface area contributed by atoms with Crippen LogP contribution in [0.3, 0.4) is 0 Å². The van der Waals surface area contributed by atoms with E-state index in [-0.39, 0.29) is 11.3 Å². The Balaban J connectivity index is 2.03. The predicted octanol–water partition coefficient (Wildman–Crippen LogP) is 2.07. The van der Waals surface area contributed by atoms with Gasteiger partial charge < -0.3 is 9.90 Å². The third-order valence-corrected chi connectivity index (χ3v) is 2.50. The highest BCUT2D eigenvalue weighted by atomic mass is 16.6. The molecular formula is C13H9N4O4-. The molecule has 0 aromatic heterocycles. The average Bonchev–Trinajstić information content (AvgIpc) is 2.48. The number of hydrogen-bond acceptors (Lipinski definition) is 6. The summed E-state index contributed by atoms with van der Waals surface area (Å²) in [7, 11) is 0. The number of nitrogens with one attached hydrogen (secondary N) is 1. The van der Waals surface area contributed by atoms with Gasteiger partial charge in [0.25, 0.3) is 5.69 Å². The number of nitro groups is 1. The van der Waals surface area contributed by atoms with Crippen molar-refractivity contribution in [1.82, 2.24) is 0 Å². The van der Waals surface area contributed by atoms with E-state index < -0.39 is 10.9 Å². The monoisotopic (exact) mass is 285 g/mol. The molecule has 21 heavy (non-hydrogen) atoms. The number of rotatable bonds is 5. The van der Waals surface area contributed by atoms with Crippen molar-refractivity contribution in [2.24, 2.45) is 10.3 Å². The lowest BCUT2D eigenvalue weighted by Gasteiger charge is -2.01. The first-order chi connectivity index (χ1) is 10.1. The largest absolute Gasteiger partial charge is 0.545 e. The van der Waals surface area contributed by atoms with Crippen molar-refractivity contribution in [3.63, 3.8) is 0 Å². The van der Waals surface area contributed by atoms with Crippen LogP contribution in [0.5, 0.6) is 0 Å². The first-order valence-electron chi connectivity index (χ1n) is 5.79. The smallest absolute Gasteiger partial charge is 0.271 e. The molecule has 0 bridgehead atoms. The van der Waals surface area contributed by atoms with Crippen LogP contribution in [0.15, 0.2) is 58.9 Å². The van der Waals surface area contributed by atoms with Crippen LogP contribution < -0.4 is 10.5 Å². The summed E-state index contributed by atoms with van der Waals surface area (Å²) in [5, 5.41) is 28.7. The standard InChI is InChI=1S/C13H10N4O4/c18-13(19)9-4-6-10(7-5-9)14-16-15-11-2-1-3-12(8-11)17(20)21/h1-8H,(H,14,15)(H,18,19)/p-1. The number of hydrogen-bond donors (Lipinski definition) is 1. The summed E-state index contributed by atoms with van der Waals surface area (Å²) >= 11 is 0. The molecule has 0 fully saturated rings. The molecule has 106 valence electrons. The van der Waals surface area contributed by atoms with Crippen molar-refractivity contribution >= 4 is 23.0 Å². The highest BCUT2D eigenvalue weighted by Gasteiger charge is 2.04. The summed E-state index contributed by atoms with van der Waals surface area (Å²) in [5.74, 6) is -1.27. The van der Waals surface area contributed by atoms with E-state index in [1.54, 1.807) is 6.07 Å². The van der Waals surface area contributed by atoms with E-state index in [0.29, 0.717) is 11.4 Å². The third kappa shape index (κ3) is 3.83. The second-order valence-corrected chi connectivity index (χ2v) is 3.95. The molecule has 0 aliphatic heterocycles. The molecule has 0 saturated carbocycles. The molecule has 0 radical (unpaired) electrons. The zero-order chi connectivity index (χ0) is 15.2. The van der Waals surface area contributed by atoms with E-state index in [1.165, 1.54) is 42.5 Å². The van der Waals surface area contributed by atoms with Crippen molar-refractivity contribution in [3.8, 4) is 0 Å². The molecule has 2 aromatic carbocycles. The van der Waals surface area contributed by atoms with Gasteiger partial charge in [-0.2, -0.15) is 0 Å². The Kier molecular flexibility index (Phi) is 4.20. The van der Waals surface area contributed by atoms with Gasteiger partial charge in [-0.15, -0.1) is 5.11 Å². The molecule has 0 spiro atoms. The Bertz CT molecular complexity index is 698. The van der Waals surface area contributed by atoms with Gasteiger partial charge in [-0.3, -0.25) is 15.5 Å². The van der Waals surface area contributed by atoms with Gasteiger partial charge in [0.1, 0.15) is 0 Å². The fourth-order valence-electron chi connectivity index (χ4n) is 1.49. The number of nitro benzene ring substituents is 1. The van der Waals surface area contributed by atoms with Gasteiger partial charge in [0.05, 0.1) is 22.3 Å². The first kappa shape index (κ1) is 14.1. The Morgan fingerprint density at radius 2 is 1.86 bits per heavy atom. The summed E-state index contributed by atoms with van der Waals surface area (Å²) in [6.45, 7) is 0. The fourth-order valence-corrected chi connectivity index (χ4v) is 1.49. The number of carbonyl (C=O) groups is 1. The Morgan fingerprint density at radius 3 is 2.48 bits per heavy atom. The van der Waals surface area contributed by atoms with Crippen molar-refractivity contribution in [3.05, 3.63) is 64.2 Å². The molecule has 1 N–H and O–H groups in total. The minimum absolute atomic E-state index is 0.0422. The Morgan fingerprint density at radius 1 is 1.14 bits per heavy atom. The number of benzene rings is 2. The van der Waals surface area contributed by atoms with Crippen molar-refractivity contribution < 1.29 is 14.8 Å². The Labute approximate surface area is 118 Å². The first-order valence-corrected chi connectivity index (χ1v) is 5.79. The van der Waals surface area contributed by atoms with Crippen molar-refractivity contribution in [2.45, 2.75) is 0 Å². The summed E-state index contributed by atoms with van der Waals surface area (Å²) in [6, 6.07) is 11.4. The van der Waals surface area contributed by atoms with E-state index in [1.807, 2.05) is 0 Å². The average molecular weight is 285 g/mol. The van der Waals surface area contributed by atoms with E-state index in [0.717, 1.165) is 0 Å². The zero-order valence-corrected chi connectivity index (χ0v) is 10.6. The van der Waals surface area contributed by atoms with Gasteiger partial charge in [0, 0.05) is 12.1 Å². The van der Waals surface area contributed by atoms with Crippen LogP contribution in [0, 0.1) is 10.1 Å². The van der Waals surface area contributed by atoms with Crippen LogP contribution in [0.25, 0.3) is 0 Å². The van der Waals surface area contributed by atoms with Crippen LogP contribution in [-0.2, 0) is 0 Å². The molecule has 2 aromatic rings. The van der Waals surface area contributed by atoms with Crippen LogP contribution >= 0.6 is 0 Å². The van der Waals surface area contributed by atoms with E-state index in [2.05, 4.69) is 15.8 Å². The number of nitrogens with zero attached hydrogens (tertiary/aromatic N) is 3. The van der Waals surface area contributed by atoms with Gasteiger partial charge in [0.15, 0.2) is 0 Å². The van der Waals surface area contributed by atoms with E-state index >= 15 is 0 Å². The van der Waals surface area contributed by atoms with Crippen LogP contribution in [-0.4, -0.2) is 10.9 Å². The number of anilines is 1. The second-order valence-electron chi connectivity index (χ2n) is 3.95. The van der Waals surface area contributed by atoms with E-state index in [9.17, 15) is 20.0 Å². The second kappa shape index (κ2) is 6.24. The highest BCUT2D eigenvalue weighted by molar-refractivity contribution is 5.86. The summed E-state index contributed by atoms with van der Waals surface area (Å²) in [5.41, 5.74) is 3.38. The minimum atomic E-state index is -1.27.